The Kier molecular flexibility index (Phi) is 3.21. The summed E-state index contributed by atoms with van der Waals surface area (Å²) in [5.74, 6) is 0.720. The lowest BCUT2D eigenvalue weighted by atomic mass is 10.0. The second-order valence-electron chi connectivity index (χ2n) is 4.46. The van der Waals surface area contributed by atoms with Gasteiger partial charge in [-0.15, -0.1) is 10.2 Å². The molecule has 5 heteroatoms. The zero-order valence-electron chi connectivity index (χ0n) is 9.31. The van der Waals surface area contributed by atoms with E-state index < -0.39 is 0 Å². The van der Waals surface area contributed by atoms with Crippen molar-refractivity contribution in [3.8, 4) is 0 Å². The molecular weight excluding hydrogens is 208 g/mol. The average molecular weight is 226 g/mol. The fourth-order valence-corrected chi connectivity index (χ4v) is 2.94. The van der Waals surface area contributed by atoms with E-state index >= 15 is 0 Å². The number of hydrogen-bond donors (Lipinski definition) is 1. The van der Waals surface area contributed by atoms with Gasteiger partial charge in [0, 0.05) is 6.04 Å². The van der Waals surface area contributed by atoms with E-state index in [0.29, 0.717) is 11.2 Å². The Hall–Kier alpha value is -0.680. The largest absolute Gasteiger partial charge is 0.374 e. The molecule has 84 valence electrons. The molecule has 0 aromatic carbocycles. The summed E-state index contributed by atoms with van der Waals surface area (Å²) in [5.41, 5.74) is 5.57. The molecule has 1 atom stereocenters. The van der Waals surface area contributed by atoms with Crippen LogP contribution < -0.4 is 5.73 Å². The van der Waals surface area contributed by atoms with Crippen LogP contribution >= 0.6 is 11.3 Å². The number of rotatable bonds is 3. The van der Waals surface area contributed by atoms with E-state index in [1.807, 2.05) is 0 Å². The average Bonchev–Trinajstić information content (AvgIpc) is 2.75. The highest BCUT2D eigenvalue weighted by Gasteiger charge is 2.27. The lowest BCUT2D eigenvalue weighted by Gasteiger charge is -2.26. The Balaban J connectivity index is 1.99. The van der Waals surface area contributed by atoms with Crippen LogP contribution in [-0.2, 0) is 6.54 Å². The van der Waals surface area contributed by atoms with Crippen LogP contribution in [0.3, 0.4) is 0 Å². The van der Waals surface area contributed by atoms with E-state index in [2.05, 4.69) is 28.9 Å². The van der Waals surface area contributed by atoms with Crippen LogP contribution in [0.15, 0.2) is 0 Å². The first-order valence-corrected chi connectivity index (χ1v) is 6.30. The predicted octanol–water partition coefficient (Wildman–Crippen LogP) is 1.74. The molecular formula is C10H18N4S. The van der Waals surface area contributed by atoms with Crippen molar-refractivity contribution in [2.24, 2.45) is 5.92 Å². The number of hydrogen-bond acceptors (Lipinski definition) is 5. The predicted molar refractivity (Wildman–Crippen MR) is 62.6 cm³/mol. The normalized spacial score (nSPS) is 22.7. The molecule has 0 saturated carbocycles. The van der Waals surface area contributed by atoms with Crippen molar-refractivity contribution in [1.82, 2.24) is 15.1 Å². The van der Waals surface area contributed by atoms with Gasteiger partial charge in [0.05, 0.1) is 6.54 Å². The van der Waals surface area contributed by atoms with Gasteiger partial charge in [0.2, 0.25) is 5.13 Å². The Morgan fingerprint density at radius 2 is 2.33 bits per heavy atom. The third-order valence-electron chi connectivity index (χ3n) is 3.00. The molecule has 2 N–H and O–H groups in total. The zero-order chi connectivity index (χ0) is 10.8. The molecule has 0 amide bonds. The van der Waals surface area contributed by atoms with E-state index in [9.17, 15) is 0 Å². The van der Waals surface area contributed by atoms with Gasteiger partial charge in [0.15, 0.2) is 0 Å². The first-order valence-electron chi connectivity index (χ1n) is 5.48. The number of nitrogens with two attached hydrogens (primary N) is 1. The molecule has 0 radical (unpaired) electrons. The molecule has 15 heavy (non-hydrogen) atoms. The van der Waals surface area contributed by atoms with Crippen LogP contribution in [0.25, 0.3) is 0 Å². The molecule has 0 aliphatic carbocycles. The highest BCUT2D eigenvalue weighted by Crippen LogP contribution is 2.26. The summed E-state index contributed by atoms with van der Waals surface area (Å²) in [7, 11) is 0. The third-order valence-corrected chi connectivity index (χ3v) is 3.74. The summed E-state index contributed by atoms with van der Waals surface area (Å²) < 4.78 is 0. The number of aromatic nitrogens is 2. The van der Waals surface area contributed by atoms with Crippen molar-refractivity contribution < 1.29 is 0 Å². The Labute approximate surface area is 94.5 Å². The molecule has 2 heterocycles. The minimum atomic E-state index is 0.574. The number of nitrogen functional groups attached to an aromatic ring is 1. The summed E-state index contributed by atoms with van der Waals surface area (Å²) in [6.45, 7) is 6.68. The quantitative estimate of drug-likeness (QED) is 0.853. The van der Waals surface area contributed by atoms with Gasteiger partial charge in [-0.05, 0) is 25.3 Å². The van der Waals surface area contributed by atoms with Gasteiger partial charge >= 0.3 is 0 Å². The summed E-state index contributed by atoms with van der Waals surface area (Å²) >= 11 is 1.50. The minimum absolute atomic E-state index is 0.574. The van der Waals surface area contributed by atoms with Crippen LogP contribution in [0.4, 0.5) is 5.13 Å². The molecule has 0 spiro atoms. The molecule has 0 bridgehead atoms. The van der Waals surface area contributed by atoms with Crippen molar-refractivity contribution in [2.45, 2.75) is 39.3 Å². The number of likely N-dealkylation sites (tertiary alicyclic amines) is 1. The summed E-state index contributed by atoms with van der Waals surface area (Å²) in [6, 6.07) is 0.704. The number of anilines is 1. The fourth-order valence-electron chi connectivity index (χ4n) is 2.31. The molecule has 1 unspecified atom stereocenters. The second-order valence-corrected chi connectivity index (χ2v) is 5.55. The monoisotopic (exact) mass is 226 g/mol. The smallest absolute Gasteiger partial charge is 0.203 e. The Morgan fingerprint density at radius 3 is 2.93 bits per heavy atom. The van der Waals surface area contributed by atoms with Crippen LogP contribution in [0.2, 0.25) is 0 Å². The lowest BCUT2D eigenvalue weighted by Crippen LogP contribution is -2.32. The van der Waals surface area contributed by atoms with Gasteiger partial charge in [-0.1, -0.05) is 25.2 Å². The van der Waals surface area contributed by atoms with Crippen LogP contribution in [0.1, 0.15) is 31.7 Å². The Morgan fingerprint density at radius 1 is 1.53 bits per heavy atom. The summed E-state index contributed by atoms with van der Waals surface area (Å²) in [5, 5.41) is 9.54. The van der Waals surface area contributed by atoms with Crippen LogP contribution in [-0.4, -0.2) is 27.7 Å². The lowest BCUT2D eigenvalue weighted by molar-refractivity contribution is 0.198. The van der Waals surface area contributed by atoms with Crippen LogP contribution in [0, 0.1) is 5.92 Å². The molecule has 2 rings (SSSR count). The van der Waals surface area contributed by atoms with E-state index in [1.165, 1.54) is 30.7 Å². The highest BCUT2D eigenvalue weighted by molar-refractivity contribution is 7.15. The first-order chi connectivity index (χ1) is 7.16. The van der Waals surface area contributed by atoms with E-state index in [-0.39, 0.29) is 0 Å². The van der Waals surface area contributed by atoms with Gasteiger partial charge in [0.1, 0.15) is 5.01 Å². The summed E-state index contributed by atoms with van der Waals surface area (Å²) in [4.78, 5) is 2.50. The third kappa shape index (κ3) is 2.46. The SMILES string of the molecule is CC(C)C1CCCN1Cc1nnc(N)s1. The van der Waals surface area contributed by atoms with E-state index in [1.54, 1.807) is 0 Å². The summed E-state index contributed by atoms with van der Waals surface area (Å²) in [6.07, 6.45) is 2.61. The number of nitrogens with zero attached hydrogens (tertiary/aromatic N) is 3. The van der Waals surface area contributed by atoms with Gasteiger partial charge in [-0.25, -0.2) is 0 Å². The second kappa shape index (κ2) is 4.45. The maximum Gasteiger partial charge on any atom is 0.203 e. The highest BCUT2D eigenvalue weighted by atomic mass is 32.1. The van der Waals surface area contributed by atoms with Crippen molar-refractivity contribution in [1.29, 1.82) is 0 Å². The van der Waals surface area contributed by atoms with Crippen molar-refractivity contribution in [3.05, 3.63) is 5.01 Å². The van der Waals surface area contributed by atoms with Crippen molar-refractivity contribution in [3.63, 3.8) is 0 Å². The molecule has 1 saturated heterocycles. The maximum atomic E-state index is 5.57. The van der Waals surface area contributed by atoms with Crippen molar-refractivity contribution in [2.75, 3.05) is 12.3 Å². The topological polar surface area (TPSA) is 55.0 Å². The molecule has 1 aromatic heterocycles. The molecule has 1 fully saturated rings. The van der Waals surface area contributed by atoms with Gasteiger partial charge in [0.25, 0.3) is 0 Å². The molecule has 1 aromatic rings. The standard InChI is InChI=1S/C10H18N4S/c1-7(2)8-4-3-5-14(8)6-9-12-13-10(11)15-9/h7-8H,3-6H2,1-2H3,(H2,11,13). The van der Waals surface area contributed by atoms with Gasteiger partial charge < -0.3 is 5.73 Å². The first kappa shape index (κ1) is 10.8. The van der Waals surface area contributed by atoms with Crippen molar-refractivity contribution >= 4 is 16.5 Å². The van der Waals surface area contributed by atoms with E-state index in [4.69, 9.17) is 5.73 Å². The van der Waals surface area contributed by atoms with Crippen LogP contribution in [0.5, 0.6) is 0 Å². The maximum absolute atomic E-state index is 5.57. The van der Waals surface area contributed by atoms with E-state index in [0.717, 1.165) is 17.5 Å². The van der Waals surface area contributed by atoms with Gasteiger partial charge in [-0.2, -0.15) is 0 Å². The molecule has 1 aliphatic rings. The fraction of sp³-hybridized carbons (Fsp3) is 0.800. The molecule has 1 aliphatic heterocycles. The zero-order valence-corrected chi connectivity index (χ0v) is 10.1. The molecule has 4 nitrogen and oxygen atoms in total. The van der Waals surface area contributed by atoms with Gasteiger partial charge in [-0.3, -0.25) is 4.90 Å². The Bertz CT molecular complexity index is 323. The minimum Gasteiger partial charge on any atom is -0.374 e.